The molecule has 0 unspecified atom stereocenters. The minimum atomic E-state index is -0.256. The number of hydrogen-bond donors (Lipinski definition) is 0. The summed E-state index contributed by atoms with van der Waals surface area (Å²) in [6.45, 7) is 0. The second kappa shape index (κ2) is 6.43. The van der Waals surface area contributed by atoms with E-state index in [-0.39, 0.29) is 11.8 Å². The molecule has 1 aromatic heterocycles. The summed E-state index contributed by atoms with van der Waals surface area (Å²) < 4.78 is 9.86. The summed E-state index contributed by atoms with van der Waals surface area (Å²) in [5, 5.41) is 0.834. The van der Waals surface area contributed by atoms with Crippen molar-refractivity contribution in [2.75, 3.05) is 18.6 Å². The van der Waals surface area contributed by atoms with Gasteiger partial charge < -0.3 is 9.15 Å². The Hall–Kier alpha value is -1.75. The van der Waals surface area contributed by atoms with Crippen molar-refractivity contribution in [2.24, 2.45) is 0 Å². The molecule has 0 aliphatic rings. The van der Waals surface area contributed by atoms with Crippen molar-refractivity contribution in [2.45, 2.75) is 6.42 Å². The molecule has 0 saturated carbocycles. The fourth-order valence-electron chi connectivity index (χ4n) is 1.69. The highest BCUT2D eigenvalue weighted by Crippen LogP contribution is 2.22. The van der Waals surface area contributed by atoms with E-state index in [1.54, 1.807) is 0 Å². The molecule has 19 heavy (non-hydrogen) atoms. The van der Waals surface area contributed by atoms with E-state index in [9.17, 15) is 9.59 Å². The first-order valence-corrected chi connectivity index (χ1v) is 7.02. The van der Waals surface area contributed by atoms with Gasteiger partial charge in [0.1, 0.15) is 11.8 Å². The number of benzene rings is 1. The van der Waals surface area contributed by atoms with Gasteiger partial charge >= 0.3 is 5.97 Å². The quantitative estimate of drug-likeness (QED) is 0.462. The lowest BCUT2D eigenvalue weighted by Gasteiger charge is -2.00. The van der Waals surface area contributed by atoms with Crippen LogP contribution < -0.4 is 0 Å². The summed E-state index contributed by atoms with van der Waals surface area (Å²) in [6.07, 6.45) is 1.81. The number of carbonyl (C=O) groups excluding carboxylic acids is 2. The first kappa shape index (κ1) is 13.7. The molecule has 0 saturated heterocycles. The Kier molecular flexibility index (Phi) is 4.63. The van der Waals surface area contributed by atoms with Gasteiger partial charge in [-0.05, 0) is 6.07 Å². The van der Waals surface area contributed by atoms with Gasteiger partial charge in [0.15, 0.2) is 5.78 Å². The first-order chi connectivity index (χ1) is 9.22. The third kappa shape index (κ3) is 3.38. The number of ether oxygens (including phenoxy) is 1. The minimum Gasteiger partial charge on any atom is -0.469 e. The van der Waals surface area contributed by atoms with E-state index in [0.29, 0.717) is 29.1 Å². The zero-order valence-corrected chi connectivity index (χ0v) is 11.4. The van der Waals surface area contributed by atoms with Crippen molar-refractivity contribution in [1.29, 1.82) is 0 Å². The minimum absolute atomic E-state index is 0.0137. The van der Waals surface area contributed by atoms with Crippen LogP contribution in [0.3, 0.4) is 0 Å². The number of methoxy groups -OCH3 is 1. The van der Waals surface area contributed by atoms with Gasteiger partial charge in [-0.1, -0.05) is 18.2 Å². The fourth-order valence-corrected chi connectivity index (χ4v) is 2.49. The highest BCUT2D eigenvalue weighted by Gasteiger charge is 2.13. The SMILES string of the molecule is COC(=O)CCSCC(=O)c1coc2ccccc12. The van der Waals surface area contributed by atoms with Gasteiger partial charge in [0, 0.05) is 11.1 Å². The van der Waals surface area contributed by atoms with Gasteiger partial charge in [-0.25, -0.2) is 0 Å². The van der Waals surface area contributed by atoms with Gasteiger partial charge in [0.05, 0.1) is 24.8 Å². The monoisotopic (exact) mass is 278 g/mol. The first-order valence-electron chi connectivity index (χ1n) is 5.86. The Bertz CT molecular complexity index is 588. The molecular weight excluding hydrogens is 264 g/mol. The predicted octanol–water partition coefficient (Wildman–Crippen LogP) is 2.91. The van der Waals surface area contributed by atoms with E-state index >= 15 is 0 Å². The van der Waals surface area contributed by atoms with Crippen LogP contribution in [0.25, 0.3) is 11.0 Å². The lowest BCUT2D eigenvalue weighted by atomic mass is 10.1. The smallest absolute Gasteiger partial charge is 0.306 e. The third-order valence-corrected chi connectivity index (χ3v) is 3.65. The van der Waals surface area contributed by atoms with Crippen LogP contribution in [0.4, 0.5) is 0 Å². The highest BCUT2D eigenvalue weighted by molar-refractivity contribution is 8.00. The number of furan rings is 1. The van der Waals surface area contributed by atoms with Crippen molar-refractivity contribution in [1.82, 2.24) is 0 Å². The fraction of sp³-hybridized carbons (Fsp3) is 0.286. The second-order valence-corrected chi connectivity index (χ2v) is 5.05. The van der Waals surface area contributed by atoms with Crippen LogP contribution in [-0.4, -0.2) is 30.4 Å². The zero-order chi connectivity index (χ0) is 13.7. The third-order valence-electron chi connectivity index (χ3n) is 2.69. The molecule has 0 radical (unpaired) electrons. The molecule has 0 N–H and O–H groups in total. The molecule has 1 aromatic carbocycles. The maximum Gasteiger partial charge on any atom is 0.306 e. The maximum absolute atomic E-state index is 12.0. The molecule has 100 valence electrons. The van der Waals surface area contributed by atoms with Gasteiger partial charge in [0.2, 0.25) is 0 Å². The molecule has 0 bridgehead atoms. The second-order valence-electron chi connectivity index (χ2n) is 3.95. The standard InChI is InChI=1S/C14H14O4S/c1-17-14(16)6-7-19-9-12(15)11-8-18-13-5-3-2-4-10(11)13/h2-5,8H,6-7,9H2,1H3. The zero-order valence-electron chi connectivity index (χ0n) is 10.5. The van der Waals surface area contributed by atoms with Crippen LogP contribution in [0.1, 0.15) is 16.8 Å². The van der Waals surface area contributed by atoms with Gasteiger partial charge in [-0.2, -0.15) is 11.8 Å². The lowest BCUT2D eigenvalue weighted by Crippen LogP contribution is -2.05. The van der Waals surface area contributed by atoms with Crippen molar-refractivity contribution < 1.29 is 18.7 Å². The van der Waals surface area contributed by atoms with E-state index in [2.05, 4.69) is 4.74 Å². The number of rotatable bonds is 6. The highest BCUT2D eigenvalue weighted by atomic mass is 32.2. The molecular formula is C14H14O4S. The van der Waals surface area contributed by atoms with E-state index < -0.39 is 0 Å². The summed E-state index contributed by atoms with van der Waals surface area (Å²) in [5.74, 6) is 0.669. The molecule has 0 spiro atoms. The Balaban J connectivity index is 1.91. The van der Waals surface area contributed by atoms with E-state index in [4.69, 9.17) is 4.42 Å². The summed E-state index contributed by atoms with van der Waals surface area (Å²) >= 11 is 1.42. The number of para-hydroxylation sites is 1. The van der Waals surface area contributed by atoms with Gasteiger partial charge in [0.25, 0.3) is 0 Å². The number of esters is 1. The number of hydrogen-bond acceptors (Lipinski definition) is 5. The van der Waals surface area contributed by atoms with E-state index in [1.807, 2.05) is 24.3 Å². The number of Topliss-reactive ketones (excluding diaryl/α,β-unsaturated/α-hetero) is 1. The summed E-state index contributed by atoms with van der Waals surface area (Å²) in [5.41, 5.74) is 1.31. The van der Waals surface area contributed by atoms with E-state index in [0.717, 1.165) is 5.39 Å². The molecule has 0 aliphatic heterocycles. The van der Waals surface area contributed by atoms with Crippen LogP contribution in [0.5, 0.6) is 0 Å². The lowest BCUT2D eigenvalue weighted by molar-refractivity contribution is -0.140. The number of carbonyl (C=O) groups is 2. The molecule has 2 rings (SSSR count). The van der Waals surface area contributed by atoms with Crippen molar-refractivity contribution in [3.05, 3.63) is 36.1 Å². The van der Waals surface area contributed by atoms with Crippen molar-refractivity contribution in [3.63, 3.8) is 0 Å². The molecule has 0 aliphatic carbocycles. The largest absolute Gasteiger partial charge is 0.469 e. The van der Waals surface area contributed by atoms with Crippen LogP contribution in [0.15, 0.2) is 34.9 Å². The molecule has 0 amide bonds. The van der Waals surface area contributed by atoms with E-state index in [1.165, 1.54) is 25.1 Å². The van der Waals surface area contributed by atoms with Gasteiger partial charge in [-0.15, -0.1) is 0 Å². The normalized spacial score (nSPS) is 10.6. The number of fused-ring (bicyclic) bond motifs is 1. The van der Waals surface area contributed by atoms with Crippen LogP contribution in [-0.2, 0) is 9.53 Å². The molecule has 4 nitrogen and oxygen atoms in total. The molecule has 2 aromatic rings. The maximum atomic E-state index is 12.0. The molecule has 0 atom stereocenters. The van der Waals surface area contributed by atoms with Crippen molar-refractivity contribution in [3.8, 4) is 0 Å². The average Bonchev–Trinajstić information content (AvgIpc) is 2.87. The predicted molar refractivity (Wildman–Crippen MR) is 74.5 cm³/mol. The Labute approximate surface area is 115 Å². The Morgan fingerprint density at radius 3 is 2.89 bits per heavy atom. The summed E-state index contributed by atoms with van der Waals surface area (Å²) in [4.78, 5) is 23.0. The van der Waals surface area contributed by atoms with Crippen LogP contribution >= 0.6 is 11.8 Å². The number of thioether (sulfide) groups is 1. The molecule has 1 heterocycles. The van der Waals surface area contributed by atoms with Crippen molar-refractivity contribution >= 4 is 34.5 Å². The summed E-state index contributed by atoms with van der Waals surface area (Å²) in [6, 6.07) is 7.44. The van der Waals surface area contributed by atoms with Crippen LogP contribution in [0, 0.1) is 0 Å². The van der Waals surface area contributed by atoms with Gasteiger partial charge in [-0.3, -0.25) is 9.59 Å². The topological polar surface area (TPSA) is 56.5 Å². The molecule has 5 heteroatoms. The Morgan fingerprint density at radius 1 is 1.32 bits per heavy atom. The average molecular weight is 278 g/mol. The van der Waals surface area contributed by atoms with Crippen LogP contribution in [0.2, 0.25) is 0 Å². The molecule has 0 fully saturated rings. The summed E-state index contributed by atoms with van der Waals surface area (Å²) in [7, 11) is 1.36. The number of ketones is 1. The Morgan fingerprint density at radius 2 is 2.11 bits per heavy atom.